The molecule has 0 aromatic heterocycles. The van der Waals surface area contributed by atoms with Gasteiger partial charge < -0.3 is 19.5 Å². The summed E-state index contributed by atoms with van der Waals surface area (Å²) in [5.41, 5.74) is 1.19. The van der Waals surface area contributed by atoms with Crippen molar-refractivity contribution in [2.75, 3.05) is 34.5 Å². The summed E-state index contributed by atoms with van der Waals surface area (Å²) in [6.07, 6.45) is 2.05. The van der Waals surface area contributed by atoms with Crippen LogP contribution in [-0.2, 0) is 4.74 Å². The van der Waals surface area contributed by atoms with Gasteiger partial charge in [0.25, 0.3) is 0 Å². The Hall–Kier alpha value is -1.26. The van der Waals surface area contributed by atoms with Crippen molar-refractivity contribution in [2.45, 2.75) is 25.8 Å². The lowest BCUT2D eigenvalue weighted by Gasteiger charge is -2.19. The van der Waals surface area contributed by atoms with Crippen LogP contribution < -0.4 is 14.8 Å². The van der Waals surface area contributed by atoms with Crippen molar-refractivity contribution in [3.8, 4) is 11.5 Å². The molecular weight excluding hydrogens is 242 g/mol. The predicted octanol–water partition coefficient (Wildman–Crippen LogP) is 2.78. The number of rotatable bonds is 9. The molecule has 0 saturated heterocycles. The van der Waals surface area contributed by atoms with Crippen molar-refractivity contribution in [1.82, 2.24) is 5.32 Å². The van der Waals surface area contributed by atoms with Gasteiger partial charge in [-0.25, -0.2) is 0 Å². The number of methoxy groups -OCH3 is 3. The summed E-state index contributed by atoms with van der Waals surface area (Å²) in [6, 6.07) is 6.30. The summed E-state index contributed by atoms with van der Waals surface area (Å²) in [4.78, 5) is 0. The maximum Gasteiger partial charge on any atom is 0.122 e. The van der Waals surface area contributed by atoms with E-state index in [4.69, 9.17) is 14.2 Å². The minimum Gasteiger partial charge on any atom is -0.497 e. The molecule has 0 aliphatic carbocycles. The minimum absolute atomic E-state index is 0.296. The Morgan fingerprint density at radius 2 is 1.68 bits per heavy atom. The molecule has 108 valence electrons. The van der Waals surface area contributed by atoms with Crippen LogP contribution in [0, 0.1) is 0 Å². The van der Waals surface area contributed by atoms with Crippen LogP contribution in [0.1, 0.15) is 31.4 Å². The van der Waals surface area contributed by atoms with E-state index in [9.17, 15) is 0 Å². The molecule has 4 heteroatoms. The van der Waals surface area contributed by atoms with Gasteiger partial charge >= 0.3 is 0 Å². The Morgan fingerprint density at radius 1 is 1.05 bits per heavy atom. The zero-order chi connectivity index (χ0) is 14.1. The Morgan fingerprint density at radius 3 is 2.16 bits per heavy atom. The third-order valence-corrected chi connectivity index (χ3v) is 3.07. The van der Waals surface area contributed by atoms with Gasteiger partial charge in [-0.15, -0.1) is 0 Å². The van der Waals surface area contributed by atoms with E-state index in [1.807, 2.05) is 6.07 Å². The van der Waals surface area contributed by atoms with Crippen LogP contribution in [0.25, 0.3) is 0 Å². The second-order valence-corrected chi connectivity index (χ2v) is 4.39. The molecule has 4 nitrogen and oxygen atoms in total. The van der Waals surface area contributed by atoms with Gasteiger partial charge in [0, 0.05) is 25.8 Å². The first-order chi connectivity index (χ1) is 9.24. The van der Waals surface area contributed by atoms with Crippen molar-refractivity contribution in [1.29, 1.82) is 0 Å². The Bertz CT molecular complexity index is 346. The van der Waals surface area contributed by atoms with E-state index in [1.54, 1.807) is 21.3 Å². The largest absolute Gasteiger partial charge is 0.497 e. The molecule has 1 rings (SSSR count). The zero-order valence-corrected chi connectivity index (χ0v) is 12.4. The monoisotopic (exact) mass is 267 g/mol. The second-order valence-electron chi connectivity index (χ2n) is 4.39. The van der Waals surface area contributed by atoms with E-state index in [0.717, 1.165) is 37.5 Å². The maximum atomic E-state index is 5.32. The van der Waals surface area contributed by atoms with Crippen molar-refractivity contribution in [3.05, 3.63) is 23.8 Å². The summed E-state index contributed by atoms with van der Waals surface area (Å²) in [6.45, 7) is 3.82. The van der Waals surface area contributed by atoms with Gasteiger partial charge in [-0.05, 0) is 37.1 Å². The van der Waals surface area contributed by atoms with Crippen LogP contribution in [0.4, 0.5) is 0 Å². The highest BCUT2D eigenvalue weighted by atomic mass is 16.5. The second kappa shape index (κ2) is 8.77. The third kappa shape index (κ3) is 5.09. The van der Waals surface area contributed by atoms with Gasteiger partial charge in [-0.3, -0.25) is 0 Å². The van der Waals surface area contributed by atoms with Crippen LogP contribution in [0.15, 0.2) is 18.2 Å². The number of hydrogen-bond donors (Lipinski definition) is 1. The molecule has 19 heavy (non-hydrogen) atoms. The molecule has 0 amide bonds. The van der Waals surface area contributed by atoms with E-state index in [1.165, 1.54) is 5.56 Å². The fraction of sp³-hybridized carbons (Fsp3) is 0.600. The van der Waals surface area contributed by atoms with E-state index in [2.05, 4.69) is 24.4 Å². The fourth-order valence-electron chi connectivity index (χ4n) is 2.10. The number of nitrogens with one attached hydrogen (secondary N) is 1. The van der Waals surface area contributed by atoms with E-state index in [-0.39, 0.29) is 0 Å². The summed E-state index contributed by atoms with van der Waals surface area (Å²) >= 11 is 0. The summed E-state index contributed by atoms with van der Waals surface area (Å²) in [7, 11) is 5.08. The van der Waals surface area contributed by atoms with Crippen molar-refractivity contribution in [3.63, 3.8) is 0 Å². The molecule has 1 aromatic rings. The maximum absolute atomic E-state index is 5.32. The molecule has 1 N–H and O–H groups in total. The van der Waals surface area contributed by atoms with E-state index < -0.39 is 0 Å². The van der Waals surface area contributed by atoms with E-state index in [0.29, 0.717) is 6.04 Å². The Kier molecular flexibility index (Phi) is 7.30. The molecule has 0 heterocycles. The molecule has 1 aromatic carbocycles. The quantitative estimate of drug-likeness (QED) is 0.698. The van der Waals surface area contributed by atoms with Crippen molar-refractivity contribution >= 4 is 0 Å². The lowest BCUT2D eigenvalue weighted by atomic mass is 10.0. The van der Waals surface area contributed by atoms with E-state index >= 15 is 0 Å². The fourth-order valence-corrected chi connectivity index (χ4v) is 2.10. The lowest BCUT2D eigenvalue weighted by Crippen LogP contribution is -2.21. The van der Waals surface area contributed by atoms with Gasteiger partial charge in [0.2, 0.25) is 0 Å². The normalized spacial score (nSPS) is 12.2. The van der Waals surface area contributed by atoms with Gasteiger partial charge in [-0.2, -0.15) is 0 Å². The van der Waals surface area contributed by atoms with Gasteiger partial charge in [0.05, 0.1) is 14.2 Å². The van der Waals surface area contributed by atoms with Crippen molar-refractivity contribution < 1.29 is 14.2 Å². The van der Waals surface area contributed by atoms with Crippen LogP contribution in [0.2, 0.25) is 0 Å². The Balaban J connectivity index is 2.86. The SMILES string of the molecule is CCNC(CCCOC)c1cc(OC)cc(OC)c1. The minimum atomic E-state index is 0.296. The molecule has 1 atom stereocenters. The van der Waals surface area contributed by atoms with Gasteiger partial charge in [0.15, 0.2) is 0 Å². The van der Waals surface area contributed by atoms with Crippen molar-refractivity contribution in [2.24, 2.45) is 0 Å². The first-order valence-electron chi connectivity index (χ1n) is 6.70. The van der Waals surface area contributed by atoms with Crippen LogP contribution >= 0.6 is 0 Å². The first-order valence-corrected chi connectivity index (χ1v) is 6.70. The highest BCUT2D eigenvalue weighted by Gasteiger charge is 2.12. The number of benzene rings is 1. The molecule has 0 spiro atoms. The smallest absolute Gasteiger partial charge is 0.122 e. The summed E-state index contributed by atoms with van der Waals surface area (Å²) in [5, 5.41) is 3.49. The molecule has 0 radical (unpaired) electrons. The zero-order valence-electron chi connectivity index (χ0n) is 12.4. The number of ether oxygens (including phenoxy) is 3. The first kappa shape index (κ1) is 15.8. The molecule has 0 aliphatic heterocycles. The third-order valence-electron chi connectivity index (χ3n) is 3.07. The molecule has 0 bridgehead atoms. The summed E-state index contributed by atoms with van der Waals surface area (Å²) in [5.74, 6) is 1.65. The van der Waals surface area contributed by atoms with Gasteiger partial charge in [-0.1, -0.05) is 6.92 Å². The molecule has 1 unspecified atom stereocenters. The highest BCUT2D eigenvalue weighted by Crippen LogP contribution is 2.28. The van der Waals surface area contributed by atoms with Gasteiger partial charge in [0.1, 0.15) is 11.5 Å². The highest BCUT2D eigenvalue weighted by molar-refractivity contribution is 5.39. The average molecular weight is 267 g/mol. The molecule has 0 saturated carbocycles. The van der Waals surface area contributed by atoms with Crippen LogP contribution in [-0.4, -0.2) is 34.5 Å². The topological polar surface area (TPSA) is 39.7 Å². The number of hydrogen-bond acceptors (Lipinski definition) is 4. The summed E-state index contributed by atoms with van der Waals surface area (Å²) < 4.78 is 15.8. The Labute approximate surface area is 116 Å². The average Bonchev–Trinajstić information content (AvgIpc) is 2.46. The molecule has 0 fully saturated rings. The standard InChI is InChI=1S/C15H25NO3/c1-5-16-15(7-6-8-17-2)12-9-13(18-3)11-14(10-12)19-4/h9-11,15-16H,5-8H2,1-4H3. The molecule has 0 aliphatic rings. The van der Waals surface area contributed by atoms with Crippen LogP contribution in [0.5, 0.6) is 11.5 Å². The molecular formula is C15H25NO3. The van der Waals surface area contributed by atoms with Crippen LogP contribution in [0.3, 0.4) is 0 Å². The lowest BCUT2D eigenvalue weighted by molar-refractivity contribution is 0.189. The predicted molar refractivity (Wildman–Crippen MR) is 77.1 cm³/mol.